The lowest BCUT2D eigenvalue weighted by Crippen LogP contribution is -2.48. The molecule has 104 valence electrons. The van der Waals surface area contributed by atoms with Gasteiger partial charge in [-0.1, -0.05) is 6.07 Å². The predicted molar refractivity (Wildman–Crippen MR) is 68.7 cm³/mol. The maximum atomic E-state index is 14.0. The van der Waals surface area contributed by atoms with E-state index in [4.69, 9.17) is 4.74 Å². The van der Waals surface area contributed by atoms with Crippen LogP contribution in [0, 0.1) is 11.7 Å². The van der Waals surface area contributed by atoms with E-state index in [0.29, 0.717) is 12.5 Å². The number of aliphatic carboxylic acids is 1. The number of hydrogen-bond acceptors (Lipinski definition) is 3. The number of rotatable bonds is 6. The Kier molecular flexibility index (Phi) is 3.75. The average molecular weight is 267 g/mol. The number of carboxylic acid groups (broad SMARTS) is 1. The molecule has 0 heterocycles. The molecule has 1 unspecified atom stereocenters. The van der Waals surface area contributed by atoms with Crippen LogP contribution < -0.4 is 10.1 Å². The van der Waals surface area contributed by atoms with Crippen LogP contribution in [0.1, 0.15) is 25.3 Å². The lowest BCUT2D eigenvalue weighted by atomic mass is 9.90. The molecule has 0 spiro atoms. The van der Waals surface area contributed by atoms with Gasteiger partial charge in [-0.15, -0.1) is 0 Å². The van der Waals surface area contributed by atoms with Crippen LogP contribution in [0.25, 0.3) is 0 Å². The molecule has 19 heavy (non-hydrogen) atoms. The largest absolute Gasteiger partial charge is 0.496 e. The minimum Gasteiger partial charge on any atom is -0.496 e. The van der Waals surface area contributed by atoms with E-state index in [0.717, 1.165) is 12.8 Å². The van der Waals surface area contributed by atoms with E-state index in [9.17, 15) is 14.3 Å². The summed E-state index contributed by atoms with van der Waals surface area (Å²) >= 11 is 0. The van der Waals surface area contributed by atoms with Crippen molar-refractivity contribution in [3.05, 3.63) is 29.6 Å². The summed E-state index contributed by atoms with van der Waals surface area (Å²) in [6.07, 6.45) is 2.19. The normalized spacial score (nSPS) is 17.8. The number of hydrogen-bond donors (Lipinski definition) is 2. The highest BCUT2D eigenvalue weighted by molar-refractivity contribution is 5.81. The van der Waals surface area contributed by atoms with E-state index in [1.165, 1.54) is 26.2 Å². The van der Waals surface area contributed by atoms with Gasteiger partial charge in [-0.25, -0.2) is 9.18 Å². The highest BCUT2D eigenvalue weighted by atomic mass is 19.1. The quantitative estimate of drug-likeness (QED) is 0.829. The second-order valence-corrected chi connectivity index (χ2v) is 5.07. The Balaban J connectivity index is 2.39. The van der Waals surface area contributed by atoms with Gasteiger partial charge in [0.1, 0.15) is 17.1 Å². The number of methoxy groups -OCH3 is 1. The average Bonchev–Trinajstić information content (AvgIpc) is 3.19. The standard InChI is InChI=1S/C14H18FNO3/c1-14(13(17)18,16-8-9-6-7-9)12-10(15)4-3-5-11(12)19-2/h3-5,9,16H,6-8H2,1-2H3,(H,17,18). The molecule has 0 bridgehead atoms. The van der Waals surface area contributed by atoms with Crippen molar-refractivity contribution in [2.24, 2.45) is 5.92 Å². The Hall–Kier alpha value is -1.62. The van der Waals surface area contributed by atoms with E-state index in [2.05, 4.69) is 5.32 Å². The van der Waals surface area contributed by atoms with Crippen LogP contribution in [-0.2, 0) is 10.3 Å². The minimum atomic E-state index is -1.49. The van der Waals surface area contributed by atoms with Crippen molar-refractivity contribution in [1.29, 1.82) is 0 Å². The first-order valence-electron chi connectivity index (χ1n) is 6.30. The molecule has 0 aromatic heterocycles. The molecule has 1 atom stereocenters. The number of halogens is 1. The van der Waals surface area contributed by atoms with Crippen molar-refractivity contribution in [1.82, 2.24) is 5.32 Å². The summed E-state index contributed by atoms with van der Waals surface area (Å²) in [5.41, 5.74) is -1.44. The summed E-state index contributed by atoms with van der Waals surface area (Å²) in [6.45, 7) is 2.04. The summed E-state index contributed by atoms with van der Waals surface area (Å²) in [5, 5.41) is 12.4. The van der Waals surface area contributed by atoms with Gasteiger partial charge in [-0.3, -0.25) is 5.32 Å². The van der Waals surface area contributed by atoms with Crippen molar-refractivity contribution in [2.75, 3.05) is 13.7 Å². The van der Waals surface area contributed by atoms with Crippen LogP contribution in [0.5, 0.6) is 5.75 Å². The lowest BCUT2D eigenvalue weighted by molar-refractivity contribution is -0.144. The molecule has 1 aromatic carbocycles. The van der Waals surface area contributed by atoms with Crippen molar-refractivity contribution >= 4 is 5.97 Å². The van der Waals surface area contributed by atoms with Gasteiger partial charge in [0.25, 0.3) is 0 Å². The molecule has 0 aliphatic heterocycles. The van der Waals surface area contributed by atoms with Crippen LogP contribution in [0.4, 0.5) is 4.39 Å². The van der Waals surface area contributed by atoms with E-state index >= 15 is 0 Å². The van der Waals surface area contributed by atoms with Gasteiger partial charge in [0.15, 0.2) is 0 Å². The Morgan fingerprint density at radius 3 is 2.79 bits per heavy atom. The molecule has 1 saturated carbocycles. The van der Waals surface area contributed by atoms with Crippen LogP contribution in [0.3, 0.4) is 0 Å². The molecule has 1 aliphatic rings. The van der Waals surface area contributed by atoms with Gasteiger partial charge in [-0.2, -0.15) is 0 Å². The molecule has 4 nitrogen and oxygen atoms in total. The Morgan fingerprint density at radius 2 is 2.26 bits per heavy atom. The van der Waals surface area contributed by atoms with Gasteiger partial charge < -0.3 is 9.84 Å². The fourth-order valence-electron chi connectivity index (χ4n) is 2.10. The first-order chi connectivity index (χ1) is 8.99. The zero-order valence-corrected chi connectivity index (χ0v) is 11.1. The van der Waals surface area contributed by atoms with Crippen LogP contribution in [0.15, 0.2) is 18.2 Å². The SMILES string of the molecule is COc1cccc(F)c1C(C)(NCC1CC1)C(=O)O. The monoisotopic (exact) mass is 267 g/mol. The zero-order valence-electron chi connectivity index (χ0n) is 11.1. The first kappa shape index (κ1) is 13.8. The maximum absolute atomic E-state index is 14.0. The summed E-state index contributed by atoms with van der Waals surface area (Å²) in [6, 6.07) is 4.32. The second-order valence-electron chi connectivity index (χ2n) is 5.07. The molecule has 2 rings (SSSR count). The number of benzene rings is 1. The molecule has 1 aliphatic carbocycles. The van der Waals surface area contributed by atoms with Gasteiger partial charge in [-0.05, 0) is 44.4 Å². The van der Waals surface area contributed by atoms with E-state index in [1.807, 2.05) is 0 Å². The van der Waals surface area contributed by atoms with Crippen LogP contribution in [0.2, 0.25) is 0 Å². The van der Waals surface area contributed by atoms with Crippen LogP contribution >= 0.6 is 0 Å². The van der Waals surface area contributed by atoms with Gasteiger partial charge >= 0.3 is 5.97 Å². The van der Waals surface area contributed by atoms with Gasteiger partial charge in [0, 0.05) is 0 Å². The molecule has 1 fully saturated rings. The number of nitrogens with one attached hydrogen (secondary N) is 1. The first-order valence-corrected chi connectivity index (χ1v) is 6.30. The topological polar surface area (TPSA) is 58.6 Å². The fraction of sp³-hybridized carbons (Fsp3) is 0.500. The molecular weight excluding hydrogens is 249 g/mol. The molecule has 2 N–H and O–H groups in total. The number of ether oxygens (including phenoxy) is 1. The summed E-state index contributed by atoms with van der Waals surface area (Å²) in [4.78, 5) is 11.6. The van der Waals surface area contributed by atoms with Gasteiger partial charge in [0.2, 0.25) is 0 Å². The molecular formula is C14H18FNO3. The highest BCUT2D eigenvalue weighted by Gasteiger charge is 2.41. The third-order valence-corrected chi connectivity index (χ3v) is 3.56. The van der Waals surface area contributed by atoms with Gasteiger partial charge in [0.05, 0.1) is 12.7 Å². The maximum Gasteiger partial charge on any atom is 0.328 e. The predicted octanol–water partition coefficient (Wildman–Crippen LogP) is 2.13. The third-order valence-electron chi connectivity index (χ3n) is 3.56. The molecule has 0 saturated heterocycles. The number of carboxylic acids is 1. The summed E-state index contributed by atoms with van der Waals surface area (Å²) in [5.74, 6) is -0.950. The minimum absolute atomic E-state index is 0.0469. The fourth-order valence-corrected chi connectivity index (χ4v) is 2.10. The Labute approximate surface area is 111 Å². The smallest absolute Gasteiger partial charge is 0.328 e. The van der Waals surface area contributed by atoms with E-state index in [1.54, 1.807) is 6.07 Å². The molecule has 5 heteroatoms. The lowest BCUT2D eigenvalue weighted by Gasteiger charge is -2.28. The molecule has 0 radical (unpaired) electrons. The zero-order chi connectivity index (χ0) is 14.0. The van der Waals surface area contributed by atoms with Crippen LogP contribution in [-0.4, -0.2) is 24.7 Å². The second kappa shape index (κ2) is 5.17. The summed E-state index contributed by atoms with van der Waals surface area (Å²) in [7, 11) is 1.40. The van der Waals surface area contributed by atoms with E-state index in [-0.39, 0.29) is 11.3 Å². The third kappa shape index (κ3) is 2.71. The van der Waals surface area contributed by atoms with Crippen molar-refractivity contribution in [3.8, 4) is 5.75 Å². The van der Waals surface area contributed by atoms with Crippen molar-refractivity contribution in [3.63, 3.8) is 0 Å². The van der Waals surface area contributed by atoms with Crippen molar-refractivity contribution in [2.45, 2.75) is 25.3 Å². The van der Waals surface area contributed by atoms with E-state index < -0.39 is 17.3 Å². The summed E-state index contributed by atoms with van der Waals surface area (Å²) < 4.78 is 19.2. The molecule has 0 amide bonds. The Morgan fingerprint density at radius 1 is 1.58 bits per heavy atom. The Bertz CT molecular complexity index is 488. The van der Waals surface area contributed by atoms with Crippen molar-refractivity contribution < 1.29 is 19.0 Å². The highest BCUT2D eigenvalue weighted by Crippen LogP contribution is 2.34. The molecule has 1 aromatic rings. The number of carbonyl (C=O) groups is 1.